The van der Waals surface area contributed by atoms with E-state index in [-0.39, 0.29) is 6.04 Å². The molecule has 0 saturated heterocycles. The number of likely N-dealkylation sites (N-methyl/N-ethyl adjacent to an activating group) is 1. The molecule has 96 valence electrons. The van der Waals surface area contributed by atoms with Crippen LogP contribution < -0.4 is 5.32 Å². The molecular weight excluding hydrogens is 224 g/mol. The van der Waals surface area contributed by atoms with Crippen molar-refractivity contribution in [1.82, 2.24) is 10.3 Å². The van der Waals surface area contributed by atoms with Gasteiger partial charge in [0.15, 0.2) is 0 Å². The second-order valence-electron chi connectivity index (χ2n) is 4.49. The lowest BCUT2D eigenvalue weighted by molar-refractivity contribution is 0.510. The standard InChI is InChI=1S/C15H20N2O/c1-4-12-5-6-13(17-10-12)9-15(16-3)14-7-8-18-11(14)2/h5-8,10,15-16H,4,9H2,1-3H3. The Morgan fingerprint density at radius 2 is 2.17 bits per heavy atom. The van der Waals surface area contributed by atoms with Crippen LogP contribution in [0, 0.1) is 6.92 Å². The second kappa shape index (κ2) is 5.83. The third-order valence-corrected chi connectivity index (χ3v) is 3.33. The van der Waals surface area contributed by atoms with Crippen molar-refractivity contribution in [2.24, 2.45) is 0 Å². The van der Waals surface area contributed by atoms with Gasteiger partial charge in [-0.2, -0.15) is 0 Å². The molecular formula is C15H20N2O. The molecule has 1 N–H and O–H groups in total. The monoisotopic (exact) mass is 244 g/mol. The summed E-state index contributed by atoms with van der Waals surface area (Å²) in [6.07, 6.45) is 5.61. The highest BCUT2D eigenvalue weighted by atomic mass is 16.3. The molecule has 2 heterocycles. The Balaban J connectivity index is 2.13. The molecule has 0 amide bonds. The fourth-order valence-corrected chi connectivity index (χ4v) is 2.12. The molecule has 0 saturated carbocycles. The van der Waals surface area contributed by atoms with Gasteiger partial charge < -0.3 is 9.73 Å². The van der Waals surface area contributed by atoms with E-state index >= 15 is 0 Å². The van der Waals surface area contributed by atoms with Gasteiger partial charge in [0.05, 0.1) is 6.26 Å². The summed E-state index contributed by atoms with van der Waals surface area (Å²) in [7, 11) is 1.97. The van der Waals surface area contributed by atoms with Crippen LogP contribution in [0.2, 0.25) is 0 Å². The number of rotatable bonds is 5. The van der Waals surface area contributed by atoms with Crippen LogP contribution in [0.15, 0.2) is 35.1 Å². The maximum atomic E-state index is 5.36. The number of hydrogen-bond acceptors (Lipinski definition) is 3. The third-order valence-electron chi connectivity index (χ3n) is 3.33. The molecule has 3 heteroatoms. The highest BCUT2D eigenvalue weighted by Gasteiger charge is 2.15. The predicted octanol–water partition coefficient (Wildman–Crippen LogP) is 3.05. The van der Waals surface area contributed by atoms with E-state index in [1.807, 2.05) is 26.2 Å². The number of aryl methyl sites for hydroxylation is 2. The van der Waals surface area contributed by atoms with E-state index in [2.05, 4.69) is 29.4 Å². The lowest BCUT2D eigenvalue weighted by Gasteiger charge is -2.15. The van der Waals surface area contributed by atoms with Crippen LogP contribution in [0.25, 0.3) is 0 Å². The minimum absolute atomic E-state index is 0.253. The molecule has 2 aromatic heterocycles. The number of hydrogen-bond donors (Lipinski definition) is 1. The molecule has 1 atom stereocenters. The first-order valence-electron chi connectivity index (χ1n) is 6.39. The molecule has 0 bridgehead atoms. The van der Waals surface area contributed by atoms with E-state index in [0.717, 1.165) is 24.3 Å². The lowest BCUT2D eigenvalue weighted by atomic mass is 10.0. The quantitative estimate of drug-likeness (QED) is 0.878. The number of nitrogens with zero attached hydrogens (tertiary/aromatic N) is 1. The number of aromatic nitrogens is 1. The van der Waals surface area contributed by atoms with E-state index in [0.29, 0.717) is 0 Å². The van der Waals surface area contributed by atoms with Crippen molar-refractivity contribution in [3.8, 4) is 0 Å². The molecule has 0 aromatic carbocycles. The number of furan rings is 1. The van der Waals surface area contributed by atoms with Gasteiger partial charge in [0.2, 0.25) is 0 Å². The van der Waals surface area contributed by atoms with Gasteiger partial charge in [-0.25, -0.2) is 0 Å². The Morgan fingerprint density at radius 1 is 1.33 bits per heavy atom. The van der Waals surface area contributed by atoms with Gasteiger partial charge in [-0.1, -0.05) is 13.0 Å². The highest BCUT2D eigenvalue weighted by Crippen LogP contribution is 2.21. The first kappa shape index (κ1) is 12.8. The molecule has 3 nitrogen and oxygen atoms in total. The molecule has 2 rings (SSSR count). The molecule has 0 fully saturated rings. The lowest BCUT2D eigenvalue weighted by Crippen LogP contribution is -2.19. The zero-order valence-electron chi connectivity index (χ0n) is 11.2. The third kappa shape index (κ3) is 2.79. The van der Waals surface area contributed by atoms with Crippen LogP contribution in [0.4, 0.5) is 0 Å². The van der Waals surface area contributed by atoms with Gasteiger partial charge in [-0.15, -0.1) is 0 Å². The predicted molar refractivity (Wildman–Crippen MR) is 72.6 cm³/mol. The van der Waals surface area contributed by atoms with E-state index in [4.69, 9.17) is 4.42 Å². The normalized spacial score (nSPS) is 12.6. The van der Waals surface area contributed by atoms with Crippen molar-refractivity contribution in [3.63, 3.8) is 0 Å². The van der Waals surface area contributed by atoms with Gasteiger partial charge >= 0.3 is 0 Å². The topological polar surface area (TPSA) is 38.1 Å². The van der Waals surface area contributed by atoms with Gasteiger partial charge in [-0.3, -0.25) is 4.98 Å². The first-order valence-corrected chi connectivity index (χ1v) is 6.39. The largest absolute Gasteiger partial charge is 0.469 e. The summed E-state index contributed by atoms with van der Waals surface area (Å²) in [5.41, 5.74) is 3.59. The molecule has 0 aliphatic heterocycles. The maximum absolute atomic E-state index is 5.36. The SMILES string of the molecule is CCc1ccc(CC(NC)c2ccoc2C)nc1. The molecule has 0 spiro atoms. The minimum Gasteiger partial charge on any atom is -0.469 e. The zero-order chi connectivity index (χ0) is 13.0. The van der Waals surface area contributed by atoms with E-state index in [9.17, 15) is 0 Å². The molecule has 0 aliphatic carbocycles. The Hall–Kier alpha value is -1.61. The van der Waals surface area contributed by atoms with E-state index in [1.165, 1.54) is 11.1 Å². The number of pyridine rings is 1. The summed E-state index contributed by atoms with van der Waals surface area (Å²) in [5, 5.41) is 3.32. The Kier molecular flexibility index (Phi) is 4.15. The van der Waals surface area contributed by atoms with Crippen molar-refractivity contribution < 1.29 is 4.42 Å². The summed E-state index contributed by atoms with van der Waals surface area (Å²) in [4.78, 5) is 4.51. The van der Waals surface area contributed by atoms with Crippen LogP contribution in [-0.4, -0.2) is 12.0 Å². The minimum atomic E-state index is 0.253. The zero-order valence-corrected chi connectivity index (χ0v) is 11.2. The molecule has 2 aromatic rings. The van der Waals surface area contributed by atoms with Gasteiger partial charge in [0.1, 0.15) is 5.76 Å². The van der Waals surface area contributed by atoms with E-state index in [1.54, 1.807) is 6.26 Å². The Morgan fingerprint density at radius 3 is 2.67 bits per heavy atom. The second-order valence-corrected chi connectivity index (χ2v) is 4.49. The molecule has 0 radical (unpaired) electrons. The van der Waals surface area contributed by atoms with Crippen LogP contribution in [-0.2, 0) is 12.8 Å². The average Bonchev–Trinajstić information content (AvgIpc) is 2.83. The van der Waals surface area contributed by atoms with Crippen molar-refractivity contribution in [1.29, 1.82) is 0 Å². The van der Waals surface area contributed by atoms with Crippen LogP contribution in [0.3, 0.4) is 0 Å². The van der Waals surface area contributed by atoms with Crippen molar-refractivity contribution in [2.45, 2.75) is 32.7 Å². The Labute approximate surface area is 108 Å². The maximum Gasteiger partial charge on any atom is 0.105 e. The number of nitrogens with one attached hydrogen (secondary N) is 1. The van der Waals surface area contributed by atoms with E-state index < -0.39 is 0 Å². The summed E-state index contributed by atoms with van der Waals surface area (Å²) in [5.74, 6) is 0.972. The van der Waals surface area contributed by atoms with Crippen molar-refractivity contribution in [2.75, 3.05) is 7.05 Å². The Bertz CT molecular complexity index is 487. The van der Waals surface area contributed by atoms with Gasteiger partial charge in [-0.05, 0) is 38.1 Å². The average molecular weight is 244 g/mol. The molecule has 1 unspecified atom stereocenters. The fraction of sp³-hybridized carbons (Fsp3) is 0.400. The van der Waals surface area contributed by atoms with Crippen LogP contribution in [0.1, 0.15) is 35.5 Å². The summed E-state index contributed by atoms with van der Waals surface area (Å²) >= 11 is 0. The highest BCUT2D eigenvalue weighted by molar-refractivity contribution is 5.23. The molecule has 18 heavy (non-hydrogen) atoms. The van der Waals surface area contributed by atoms with Crippen LogP contribution >= 0.6 is 0 Å². The van der Waals surface area contributed by atoms with Gasteiger partial charge in [0, 0.05) is 29.9 Å². The summed E-state index contributed by atoms with van der Waals surface area (Å²) in [6.45, 7) is 4.13. The van der Waals surface area contributed by atoms with Crippen molar-refractivity contribution >= 4 is 0 Å². The fourth-order valence-electron chi connectivity index (χ4n) is 2.12. The summed E-state index contributed by atoms with van der Waals surface area (Å²) in [6, 6.07) is 6.54. The smallest absolute Gasteiger partial charge is 0.105 e. The van der Waals surface area contributed by atoms with Crippen LogP contribution in [0.5, 0.6) is 0 Å². The van der Waals surface area contributed by atoms with Gasteiger partial charge in [0.25, 0.3) is 0 Å². The molecule has 0 aliphatic rings. The van der Waals surface area contributed by atoms with Crippen molar-refractivity contribution in [3.05, 3.63) is 53.2 Å². The summed E-state index contributed by atoms with van der Waals surface area (Å²) < 4.78 is 5.36. The first-order chi connectivity index (χ1) is 8.74.